The Kier molecular flexibility index (Phi) is 5.59. The van der Waals surface area contributed by atoms with Gasteiger partial charge in [0.2, 0.25) is 17.7 Å². The number of hydrogen-bond acceptors (Lipinski definition) is 6. The highest BCUT2D eigenvalue weighted by molar-refractivity contribution is 8.00. The van der Waals surface area contributed by atoms with Gasteiger partial charge in [-0.25, -0.2) is 4.39 Å². The van der Waals surface area contributed by atoms with Crippen LogP contribution in [0.25, 0.3) is 0 Å². The van der Waals surface area contributed by atoms with Crippen molar-refractivity contribution in [2.24, 2.45) is 29.6 Å². The molecule has 3 aromatic rings. The van der Waals surface area contributed by atoms with Crippen molar-refractivity contribution in [2.45, 2.75) is 29.0 Å². The Balaban J connectivity index is 1.13. The Bertz CT molecular complexity index is 1500. The number of halogens is 1. The van der Waals surface area contributed by atoms with Crippen molar-refractivity contribution >= 4 is 46.5 Å². The zero-order chi connectivity index (χ0) is 26.1. The van der Waals surface area contributed by atoms with E-state index < -0.39 is 5.82 Å². The number of likely N-dealkylation sites (tertiary alicyclic amines) is 1. The fourth-order valence-corrected chi connectivity index (χ4v) is 10.2. The quantitative estimate of drug-likeness (QED) is 0.468. The van der Waals surface area contributed by atoms with E-state index in [9.17, 15) is 23.6 Å². The van der Waals surface area contributed by atoms with Crippen molar-refractivity contribution < 1.29 is 18.8 Å². The fourth-order valence-electron chi connectivity index (χ4n) is 7.30. The first-order valence-electron chi connectivity index (χ1n) is 12.8. The summed E-state index contributed by atoms with van der Waals surface area (Å²) in [5, 5.41) is 3.73. The van der Waals surface area contributed by atoms with E-state index in [2.05, 4.69) is 22.4 Å². The molecule has 2 N–H and O–H groups in total. The number of anilines is 1. The predicted molar refractivity (Wildman–Crippen MR) is 141 cm³/mol. The number of nitrogens with one attached hydrogen (secondary N) is 2. The average Bonchev–Trinajstić information content (AvgIpc) is 3.64. The van der Waals surface area contributed by atoms with E-state index >= 15 is 0 Å². The maximum absolute atomic E-state index is 13.6. The lowest BCUT2D eigenvalue weighted by Gasteiger charge is -2.43. The Morgan fingerprint density at radius 2 is 1.71 bits per heavy atom. The molecule has 7 atom stereocenters. The molecule has 0 radical (unpaired) electrons. The molecule has 7 rings (SSSR count). The van der Waals surface area contributed by atoms with Gasteiger partial charge >= 0.3 is 4.87 Å². The molecule has 0 spiro atoms. The number of hydrogen-bond donors (Lipinski definition) is 2. The molecule has 2 aromatic carbocycles. The number of imide groups is 1. The third kappa shape index (κ3) is 3.60. The van der Waals surface area contributed by atoms with E-state index in [4.69, 9.17) is 0 Å². The summed E-state index contributed by atoms with van der Waals surface area (Å²) in [6, 6.07) is 15.6. The number of thioether (sulfide) groups is 1. The number of H-pyrrole nitrogens is 1. The minimum Gasteiger partial charge on any atom is -0.326 e. The maximum atomic E-state index is 13.6. The SMILES string of the molecule is O=C(CCN1C(=O)C2C3CC(C2C1=O)C1C(c2ccccc2)c2sc(=O)[nH]c2SC31)Nc1ccc(F)cc1. The number of nitrogens with zero attached hydrogens (tertiary/aromatic N) is 1. The monoisotopic (exact) mass is 549 g/mol. The molecule has 38 heavy (non-hydrogen) atoms. The van der Waals surface area contributed by atoms with Gasteiger partial charge in [-0.1, -0.05) is 41.7 Å². The summed E-state index contributed by atoms with van der Waals surface area (Å²) in [5.41, 5.74) is 1.60. The van der Waals surface area contributed by atoms with Gasteiger partial charge in [0, 0.05) is 34.7 Å². The molecule has 2 bridgehead atoms. The van der Waals surface area contributed by atoms with E-state index in [1.54, 1.807) is 11.8 Å². The molecule has 4 aliphatic rings. The van der Waals surface area contributed by atoms with Crippen LogP contribution in [0.15, 0.2) is 64.4 Å². The number of benzene rings is 2. The number of carbonyl (C=O) groups excluding carboxylic acids is 3. The minimum atomic E-state index is -0.396. The second kappa shape index (κ2) is 8.91. The molecule has 1 saturated heterocycles. The van der Waals surface area contributed by atoms with Gasteiger partial charge in [0.15, 0.2) is 0 Å². The van der Waals surface area contributed by atoms with Crippen molar-refractivity contribution in [3.05, 3.63) is 80.5 Å². The number of aromatic nitrogens is 1. The predicted octanol–water partition coefficient (Wildman–Crippen LogP) is 4.08. The van der Waals surface area contributed by atoms with Gasteiger partial charge < -0.3 is 10.3 Å². The molecule has 1 aromatic heterocycles. The zero-order valence-corrected chi connectivity index (χ0v) is 21.8. The number of amides is 3. The maximum Gasteiger partial charge on any atom is 0.305 e. The number of thiazole rings is 1. The molecule has 2 saturated carbocycles. The highest BCUT2D eigenvalue weighted by Crippen LogP contribution is 2.68. The fraction of sp³-hybridized carbons (Fsp3) is 0.357. The van der Waals surface area contributed by atoms with Crippen molar-refractivity contribution in [2.75, 3.05) is 11.9 Å². The first-order chi connectivity index (χ1) is 18.4. The smallest absolute Gasteiger partial charge is 0.305 e. The van der Waals surface area contributed by atoms with Crippen LogP contribution in [-0.4, -0.2) is 39.4 Å². The van der Waals surface area contributed by atoms with Gasteiger partial charge in [0.1, 0.15) is 5.82 Å². The van der Waals surface area contributed by atoms with Crippen LogP contribution in [0.3, 0.4) is 0 Å². The Morgan fingerprint density at radius 1 is 1.00 bits per heavy atom. The van der Waals surface area contributed by atoms with Crippen LogP contribution >= 0.6 is 23.1 Å². The lowest BCUT2D eigenvalue weighted by molar-refractivity contribution is -0.141. The molecule has 10 heteroatoms. The Morgan fingerprint density at radius 3 is 2.45 bits per heavy atom. The number of aromatic amines is 1. The topological polar surface area (TPSA) is 99.3 Å². The summed E-state index contributed by atoms with van der Waals surface area (Å²) >= 11 is 2.92. The number of carbonyl (C=O) groups is 3. The van der Waals surface area contributed by atoms with Gasteiger partial charge in [-0.05, 0) is 54.0 Å². The van der Waals surface area contributed by atoms with Crippen LogP contribution in [0.4, 0.5) is 10.1 Å². The number of fused-ring (bicyclic) bond motifs is 9. The standard InChI is InChI=1S/C28H24FN3O4S2/c29-14-6-8-15(9-7-14)30-18(33)10-11-32-26(34)21-16-12-17(22(21)27(32)35)23-20(16)19(13-4-2-1-3-5-13)24-25(37-23)31-28(36)38-24/h1-9,16-17,19-23H,10-12H2,(H,30,33)(H,31,36). The van der Waals surface area contributed by atoms with Gasteiger partial charge in [-0.3, -0.25) is 24.1 Å². The van der Waals surface area contributed by atoms with Crippen molar-refractivity contribution in [3.8, 4) is 0 Å². The molecule has 2 aliphatic carbocycles. The van der Waals surface area contributed by atoms with E-state index in [-0.39, 0.29) is 76.3 Å². The van der Waals surface area contributed by atoms with Crippen molar-refractivity contribution in [1.82, 2.24) is 9.88 Å². The molecule has 7 nitrogen and oxygen atoms in total. The summed E-state index contributed by atoms with van der Waals surface area (Å²) in [6.45, 7) is 0.0301. The van der Waals surface area contributed by atoms with Crippen LogP contribution in [0, 0.1) is 35.4 Å². The molecule has 2 aliphatic heterocycles. The summed E-state index contributed by atoms with van der Waals surface area (Å²) in [5.74, 6) is -1.56. The lowest BCUT2D eigenvalue weighted by Crippen LogP contribution is -2.42. The highest BCUT2D eigenvalue weighted by atomic mass is 32.2. The van der Waals surface area contributed by atoms with Crippen molar-refractivity contribution in [1.29, 1.82) is 0 Å². The highest BCUT2D eigenvalue weighted by Gasteiger charge is 2.69. The normalized spacial score (nSPS) is 30.8. The second-order valence-corrected chi connectivity index (χ2v) is 12.7. The third-order valence-corrected chi connectivity index (χ3v) is 11.3. The van der Waals surface area contributed by atoms with Crippen LogP contribution in [0.5, 0.6) is 0 Å². The third-order valence-electron chi connectivity index (χ3n) is 8.66. The summed E-state index contributed by atoms with van der Waals surface area (Å²) in [6.07, 6.45) is 0.812. The minimum absolute atomic E-state index is 0.00999. The Labute approximate surface area is 225 Å². The van der Waals surface area contributed by atoms with E-state index in [1.807, 2.05) is 18.2 Å². The van der Waals surface area contributed by atoms with Crippen LogP contribution in [0.2, 0.25) is 0 Å². The molecular formula is C28H24FN3O4S2. The second-order valence-electron chi connectivity index (χ2n) is 10.5. The molecular weight excluding hydrogens is 525 g/mol. The summed E-state index contributed by atoms with van der Waals surface area (Å²) in [4.78, 5) is 57.2. The molecule has 3 fully saturated rings. The largest absolute Gasteiger partial charge is 0.326 e. The van der Waals surface area contributed by atoms with E-state index in [0.29, 0.717) is 5.69 Å². The molecule has 3 amide bonds. The molecule has 7 unspecified atom stereocenters. The zero-order valence-electron chi connectivity index (χ0n) is 20.1. The van der Waals surface area contributed by atoms with Crippen LogP contribution < -0.4 is 10.2 Å². The van der Waals surface area contributed by atoms with Crippen LogP contribution in [-0.2, 0) is 14.4 Å². The number of rotatable bonds is 5. The van der Waals surface area contributed by atoms with E-state index in [0.717, 1.165) is 21.9 Å². The van der Waals surface area contributed by atoms with Gasteiger partial charge in [0.25, 0.3) is 0 Å². The molecule has 3 heterocycles. The van der Waals surface area contributed by atoms with Crippen molar-refractivity contribution in [3.63, 3.8) is 0 Å². The average molecular weight is 550 g/mol. The van der Waals surface area contributed by atoms with Crippen LogP contribution in [0.1, 0.15) is 29.2 Å². The molecule has 194 valence electrons. The van der Waals surface area contributed by atoms with Gasteiger partial charge in [0.05, 0.1) is 16.9 Å². The van der Waals surface area contributed by atoms with E-state index in [1.165, 1.54) is 40.5 Å². The first kappa shape index (κ1) is 23.8. The summed E-state index contributed by atoms with van der Waals surface area (Å²) < 4.78 is 13.1. The Hall–Kier alpha value is -3.24. The van der Waals surface area contributed by atoms with Gasteiger partial charge in [-0.15, -0.1) is 11.8 Å². The lowest BCUT2D eigenvalue weighted by atomic mass is 9.68. The van der Waals surface area contributed by atoms with Gasteiger partial charge in [-0.2, -0.15) is 0 Å². The summed E-state index contributed by atoms with van der Waals surface area (Å²) in [7, 11) is 0. The first-order valence-corrected chi connectivity index (χ1v) is 14.5.